The van der Waals surface area contributed by atoms with Crippen LogP contribution in [0.5, 0.6) is 5.75 Å². The van der Waals surface area contributed by atoms with Crippen molar-refractivity contribution in [2.75, 3.05) is 13.1 Å². The summed E-state index contributed by atoms with van der Waals surface area (Å²) in [6.45, 7) is 4.08. The van der Waals surface area contributed by atoms with Crippen molar-refractivity contribution >= 4 is 5.97 Å². The molecule has 3 rings (SSSR count). The smallest absolute Gasteiger partial charge is 0.338 e. The third kappa shape index (κ3) is 4.15. The summed E-state index contributed by atoms with van der Waals surface area (Å²) in [7, 11) is 0. The first-order chi connectivity index (χ1) is 11.7. The maximum Gasteiger partial charge on any atom is 0.338 e. The zero-order valence-corrected chi connectivity index (χ0v) is 14.0. The number of nitrogens with one attached hydrogen (secondary N) is 1. The van der Waals surface area contributed by atoms with E-state index in [4.69, 9.17) is 9.47 Å². The third-order valence-corrected chi connectivity index (χ3v) is 4.26. The van der Waals surface area contributed by atoms with Gasteiger partial charge in [0, 0.05) is 12.1 Å². The van der Waals surface area contributed by atoms with Crippen LogP contribution in [0.15, 0.2) is 48.5 Å². The molecule has 2 aromatic carbocycles. The van der Waals surface area contributed by atoms with Crippen molar-refractivity contribution in [1.82, 2.24) is 5.32 Å². The molecule has 0 aromatic heterocycles. The average molecular weight is 325 g/mol. The summed E-state index contributed by atoms with van der Waals surface area (Å²) >= 11 is 0. The molecule has 2 aromatic rings. The van der Waals surface area contributed by atoms with E-state index in [0.717, 1.165) is 42.8 Å². The minimum atomic E-state index is -0.316. The summed E-state index contributed by atoms with van der Waals surface area (Å²) in [6.07, 6.45) is 2.31. The number of piperidine rings is 1. The minimum Gasteiger partial charge on any atom is -0.489 e. The van der Waals surface area contributed by atoms with Crippen LogP contribution >= 0.6 is 0 Å². The zero-order valence-electron chi connectivity index (χ0n) is 14.0. The lowest BCUT2D eigenvalue weighted by Gasteiger charge is -2.25. The van der Waals surface area contributed by atoms with Crippen LogP contribution in [0.25, 0.3) is 0 Å². The van der Waals surface area contributed by atoms with Crippen LogP contribution in [-0.4, -0.2) is 25.2 Å². The van der Waals surface area contributed by atoms with Crippen molar-refractivity contribution in [3.63, 3.8) is 0 Å². The van der Waals surface area contributed by atoms with E-state index in [2.05, 4.69) is 5.32 Å². The molecule has 1 aliphatic rings. The van der Waals surface area contributed by atoms with Crippen molar-refractivity contribution in [3.8, 4) is 5.75 Å². The number of esters is 1. The molecule has 0 spiro atoms. The summed E-state index contributed by atoms with van der Waals surface area (Å²) < 4.78 is 11.5. The predicted octanol–water partition coefficient (Wildman–Crippen LogP) is 3.48. The molecule has 4 heteroatoms. The fourth-order valence-electron chi connectivity index (χ4n) is 2.86. The Morgan fingerprint density at radius 2 is 2.00 bits per heavy atom. The maximum atomic E-state index is 12.4. The molecule has 0 aliphatic carbocycles. The lowest BCUT2D eigenvalue weighted by Crippen LogP contribution is -2.37. The number of rotatable bonds is 5. The van der Waals surface area contributed by atoms with Crippen LogP contribution in [0.4, 0.5) is 0 Å². The molecule has 1 saturated heterocycles. The average Bonchev–Trinajstić information content (AvgIpc) is 2.63. The number of carbonyl (C=O) groups is 1. The van der Waals surface area contributed by atoms with E-state index < -0.39 is 0 Å². The van der Waals surface area contributed by atoms with Crippen LogP contribution in [0.3, 0.4) is 0 Å². The first-order valence-corrected chi connectivity index (χ1v) is 8.42. The van der Waals surface area contributed by atoms with Gasteiger partial charge in [0.25, 0.3) is 0 Å². The van der Waals surface area contributed by atoms with E-state index in [0.29, 0.717) is 5.56 Å². The fraction of sp³-hybridized carbons (Fsp3) is 0.350. The van der Waals surface area contributed by atoms with E-state index in [1.165, 1.54) is 0 Å². The van der Waals surface area contributed by atoms with Crippen LogP contribution in [0.2, 0.25) is 0 Å². The summed E-state index contributed by atoms with van der Waals surface area (Å²) in [5.41, 5.74) is 2.37. The second-order valence-corrected chi connectivity index (χ2v) is 6.08. The van der Waals surface area contributed by atoms with Gasteiger partial charge in [-0.1, -0.05) is 36.4 Å². The van der Waals surface area contributed by atoms with E-state index >= 15 is 0 Å². The van der Waals surface area contributed by atoms with Gasteiger partial charge >= 0.3 is 5.97 Å². The van der Waals surface area contributed by atoms with E-state index in [-0.39, 0.29) is 18.7 Å². The van der Waals surface area contributed by atoms with Crippen molar-refractivity contribution < 1.29 is 14.3 Å². The highest BCUT2D eigenvalue weighted by molar-refractivity contribution is 5.91. The van der Waals surface area contributed by atoms with E-state index in [1.54, 1.807) is 6.07 Å². The van der Waals surface area contributed by atoms with Gasteiger partial charge in [-0.25, -0.2) is 4.79 Å². The molecule has 126 valence electrons. The SMILES string of the molecule is Cc1c(OC2CCCNC2)cccc1C(=O)OCc1ccccc1. The number of ether oxygens (including phenoxy) is 2. The van der Waals surface area contributed by atoms with Crippen LogP contribution < -0.4 is 10.1 Å². The Labute approximate surface area is 142 Å². The molecule has 24 heavy (non-hydrogen) atoms. The largest absolute Gasteiger partial charge is 0.489 e. The predicted molar refractivity (Wildman–Crippen MR) is 93.3 cm³/mol. The molecule has 4 nitrogen and oxygen atoms in total. The van der Waals surface area contributed by atoms with Gasteiger partial charge in [0.1, 0.15) is 18.5 Å². The maximum absolute atomic E-state index is 12.4. The Balaban J connectivity index is 1.66. The number of carbonyl (C=O) groups excluding carboxylic acids is 1. The lowest BCUT2D eigenvalue weighted by molar-refractivity contribution is 0.0470. The Morgan fingerprint density at radius 3 is 2.75 bits per heavy atom. The highest BCUT2D eigenvalue weighted by atomic mass is 16.5. The molecule has 0 radical (unpaired) electrons. The standard InChI is InChI=1S/C20H23NO3/c1-15-18(20(22)23-14-16-7-3-2-4-8-16)10-5-11-19(15)24-17-9-6-12-21-13-17/h2-5,7-8,10-11,17,21H,6,9,12-14H2,1H3. The van der Waals surface area contributed by atoms with E-state index in [9.17, 15) is 4.79 Å². The van der Waals surface area contributed by atoms with Gasteiger partial charge in [-0.15, -0.1) is 0 Å². The highest BCUT2D eigenvalue weighted by Crippen LogP contribution is 2.24. The summed E-state index contributed by atoms with van der Waals surface area (Å²) in [4.78, 5) is 12.4. The Kier molecular flexibility index (Phi) is 5.49. The van der Waals surface area contributed by atoms with Crippen molar-refractivity contribution in [2.24, 2.45) is 0 Å². The van der Waals surface area contributed by atoms with Gasteiger partial charge in [0.15, 0.2) is 0 Å². The van der Waals surface area contributed by atoms with Crippen LogP contribution in [-0.2, 0) is 11.3 Å². The highest BCUT2D eigenvalue weighted by Gasteiger charge is 2.18. The summed E-state index contributed by atoms with van der Waals surface area (Å²) in [5, 5.41) is 3.33. The van der Waals surface area contributed by atoms with Crippen molar-refractivity contribution in [2.45, 2.75) is 32.5 Å². The number of benzene rings is 2. The number of hydrogen-bond acceptors (Lipinski definition) is 4. The molecule has 1 fully saturated rings. The molecule has 0 bridgehead atoms. The molecule has 0 saturated carbocycles. The molecular weight excluding hydrogens is 302 g/mol. The monoisotopic (exact) mass is 325 g/mol. The Morgan fingerprint density at radius 1 is 1.17 bits per heavy atom. The van der Waals surface area contributed by atoms with Gasteiger partial charge < -0.3 is 14.8 Å². The van der Waals surface area contributed by atoms with Gasteiger partial charge in [-0.05, 0) is 44.0 Å². The minimum absolute atomic E-state index is 0.160. The molecule has 1 N–H and O–H groups in total. The van der Waals surface area contributed by atoms with Crippen LogP contribution in [0, 0.1) is 6.92 Å². The normalized spacial score (nSPS) is 17.3. The first-order valence-electron chi connectivity index (χ1n) is 8.42. The van der Waals surface area contributed by atoms with Crippen molar-refractivity contribution in [1.29, 1.82) is 0 Å². The lowest BCUT2D eigenvalue weighted by atomic mass is 10.1. The molecular formula is C20H23NO3. The first kappa shape index (κ1) is 16.5. The summed E-state index contributed by atoms with van der Waals surface area (Å²) in [6, 6.07) is 15.2. The second kappa shape index (κ2) is 7.97. The van der Waals surface area contributed by atoms with Crippen molar-refractivity contribution in [3.05, 3.63) is 65.2 Å². The zero-order chi connectivity index (χ0) is 16.8. The molecule has 1 heterocycles. The Bertz CT molecular complexity index is 679. The fourth-order valence-corrected chi connectivity index (χ4v) is 2.86. The topological polar surface area (TPSA) is 47.6 Å². The number of hydrogen-bond donors (Lipinski definition) is 1. The molecule has 1 aliphatic heterocycles. The molecule has 1 unspecified atom stereocenters. The van der Waals surface area contributed by atoms with Gasteiger partial charge in [-0.3, -0.25) is 0 Å². The van der Waals surface area contributed by atoms with E-state index in [1.807, 2.05) is 49.4 Å². The third-order valence-electron chi connectivity index (χ3n) is 4.26. The molecule has 1 atom stereocenters. The van der Waals surface area contributed by atoms with Gasteiger partial charge in [0.2, 0.25) is 0 Å². The molecule has 0 amide bonds. The Hall–Kier alpha value is -2.33. The van der Waals surface area contributed by atoms with Gasteiger partial charge in [0.05, 0.1) is 5.56 Å². The van der Waals surface area contributed by atoms with Gasteiger partial charge in [-0.2, -0.15) is 0 Å². The summed E-state index contributed by atoms with van der Waals surface area (Å²) in [5.74, 6) is 0.446. The quantitative estimate of drug-likeness (QED) is 0.855. The van der Waals surface area contributed by atoms with Crippen LogP contribution in [0.1, 0.15) is 34.3 Å². The second-order valence-electron chi connectivity index (χ2n) is 6.08.